The van der Waals surface area contributed by atoms with Crippen molar-refractivity contribution in [1.82, 2.24) is 15.2 Å². The van der Waals surface area contributed by atoms with Crippen molar-refractivity contribution in [3.05, 3.63) is 16.1 Å². The van der Waals surface area contributed by atoms with Gasteiger partial charge in [0.1, 0.15) is 5.01 Å². The monoisotopic (exact) mass is 281 g/mol. The van der Waals surface area contributed by atoms with Crippen molar-refractivity contribution in [1.29, 1.82) is 0 Å². The number of hydrogen-bond acceptors (Lipinski definition) is 4. The number of nitrogens with zero attached hydrogens (tertiary/aromatic N) is 2. The summed E-state index contributed by atoms with van der Waals surface area (Å²) in [6, 6.07) is 0.565. The molecule has 1 fully saturated rings. The van der Waals surface area contributed by atoms with Crippen molar-refractivity contribution in [2.75, 3.05) is 13.1 Å². The molecule has 1 unspecified atom stereocenters. The maximum Gasteiger partial charge on any atom is 0.107 e. The minimum Gasteiger partial charge on any atom is -0.311 e. The molecule has 3 nitrogen and oxygen atoms in total. The van der Waals surface area contributed by atoms with Crippen LogP contribution in [0.5, 0.6) is 0 Å². The molecule has 1 saturated heterocycles. The molecule has 108 valence electrons. The van der Waals surface area contributed by atoms with Crippen LogP contribution in [-0.4, -0.2) is 34.6 Å². The number of aromatic nitrogens is 1. The molecule has 1 aliphatic heterocycles. The summed E-state index contributed by atoms with van der Waals surface area (Å²) in [7, 11) is 0. The molecule has 0 aromatic carbocycles. The van der Waals surface area contributed by atoms with E-state index in [4.69, 9.17) is 4.98 Å². The summed E-state index contributed by atoms with van der Waals surface area (Å²) < 4.78 is 0. The van der Waals surface area contributed by atoms with E-state index in [0.717, 1.165) is 19.6 Å². The average molecular weight is 281 g/mol. The third kappa shape index (κ3) is 3.56. The summed E-state index contributed by atoms with van der Waals surface area (Å²) in [5.41, 5.74) is 1.58. The lowest BCUT2D eigenvalue weighted by atomic mass is 9.93. The smallest absolute Gasteiger partial charge is 0.107 e. The zero-order chi connectivity index (χ0) is 14.3. The van der Waals surface area contributed by atoms with E-state index in [9.17, 15) is 0 Å². The number of thiazole rings is 1. The van der Waals surface area contributed by atoms with Crippen LogP contribution in [0.2, 0.25) is 0 Å². The summed E-state index contributed by atoms with van der Waals surface area (Å²) >= 11 is 1.80. The molecule has 2 rings (SSSR count). The predicted molar refractivity (Wildman–Crippen MR) is 82.8 cm³/mol. The minimum absolute atomic E-state index is 0.154. The molecular formula is C15H27N3S. The molecule has 4 heteroatoms. The number of piperazine rings is 1. The van der Waals surface area contributed by atoms with Gasteiger partial charge in [-0.25, -0.2) is 4.98 Å². The number of rotatable bonds is 2. The van der Waals surface area contributed by atoms with Crippen LogP contribution in [0.4, 0.5) is 0 Å². The molecule has 1 atom stereocenters. The highest BCUT2D eigenvalue weighted by Gasteiger charge is 2.33. The highest BCUT2D eigenvalue weighted by molar-refractivity contribution is 7.09. The minimum atomic E-state index is 0.154. The van der Waals surface area contributed by atoms with Gasteiger partial charge in [0.2, 0.25) is 0 Å². The molecule has 0 radical (unpaired) electrons. The Balaban J connectivity index is 2.09. The standard InChI is InChI=1S/C15H27N3S/c1-11-7-18(15(5,6)10-16-11)8-13-17-12(9-19-13)14(2,3)4/h9,11,16H,7-8,10H2,1-6H3. The topological polar surface area (TPSA) is 28.2 Å². The molecule has 0 amide bonds. The zero-order valence-electron chi connectivity index (χ0n) is 13.1. The molecule has 2 heterocycles. The van der Waals surface area contributed by atoms with Gasteiger partial charge in [-0.2, -0.15) is 0 Å². The Morgan fingerprint density at radius 1 is 1.47 bits per heavy atom. The normalized spacial score (nSPS) is 24.6. The molecule has 1 aromatic heterocycles. The molecule has 19 heavy (non-hydrogen) atoms. The van der Waals surface area contributed by atoms with Crippen LogP contribution in [0.25, 0.3) is 0 Å². The Bertz CT molecular complexity index is 431. The van der Waals surface area contributed by atoms with Crippen LogP contribution in [0.1, 0.15) is 52.2 Å². The Kier molecular flexibility index (Phi) is 4.05. The quantitative estimate of drug-likeness (QED) is 0.903. The van der Waals surface area contributed by atoms with E-state index < -0.39 is 0 Å². The second-order valence-electron chi connectivity index (χ2n) is 7.35. The van der Waals surface area contributed by atoms with Gasteiger partial charge in [-0.15, -0.1) is 11.3 Å². The largest absolute Gasteiger partial charge is 0.311 e. The summed E-state index contributed by atoms with van der Waals surface area (Å²) in [6.07, 6.45) is 0. The van der Waals surface area contributed by atoms with Crippen LogP contribution in [0.3, 0.4) is 0 Å². The van der Waals surface area contributed by atoms with E-state index in [1.807, 2.05) is 0 Å². The first-order valence-corrected chi connectivity index (χ1v) is 8.00. The van der Waals surface area contributed by atoms with Gasteiger partial charge in [0, 0.05) is 35.5 Å². The van der Waals surface area contributed by atoms with Crippen molar-refractivity contribution in [2.24, 2.45) is 0 Å². The van der Waals surface area contributed by atoms with E-state index in [1.54, 1.807) is 11.3 Å². The van der Waals surface area contributed by atoms with Gasteiger partial charge >= 0.3 is 0 Å². The number of hydrogen-bond donors (Lipinski definition) is 1. The van der Waals surface area contributed by atoms with E-state index >= 15 is 0 Å². The zero-order valence-corrected chi connectivity index (χ0v) is 13.9. The van der Waals surface area contributed by atoms with Crippen molar-refractivity contribution < 1.29 is 0 Å². The van der Waals surface area contributed by atoms with Crippen molar-refractivity contribution in [3.8, 4) is 0 Å². The SMILES string of the molecule is CC1CN(Cc2nc(C(C)(C)C)cs2)C(C)(C)CN1. The average Bonchev–Trinajstić information content (AvgIpc) is 2.72. The first-order chi connectivity index (χ1) is 8.68. The van der Waals surface area contributed by atoms with E-state index in [0.29, 0.717) is 6.04 Å². The van der Waals surface area contributed by atoms with Crippen LogP contribution >= 0.6 is 11.3 Å². The fourth-order valence-corrected chi connectivity index (χ4v) is 3.38. The lowest BCUT2D eigenvalue weighted by molar-refractivity contribution is 0.0625. The lowest BCUT2D eigenvalue weighted by Crippen LogP contribution is -2.60. The molecule has 0 saturated carbocycles. The van der Waals surface area contributed by atoms with E-state index in [-0.39, 0.29) is 11.0 Å². The van der Waals surface area contributed by atoms with E-state index in [1.165, 1.54) is 10.7 Å². The Morgan fingerprint density at radius 2 is 2.16 bits per heavy atom. The Labute approximate surface area is 121 Å². The molecule has 0 aliphatic carbocycles. The molecule has 1 aliphatic rings. The second-order valence-corrected chi connectivity index (χ2v) is 8.29. The first kappa shape index (κ1) is 14.9. The molecule has 1 N–H and O–H groups in total. The third-order valence-corrected chi connectivity index (χ3v) is 4.71. The Hall–Kier alpha value is -0.450. The first-order valence-electron chi connectivity index (χ1n) is 7.12. The summed E-state index contributed by atoms with van der Waals surface area (Å²) in [6.45, 7) is 16.7. The summed E-state index contributed by atoms with van der Waals surface area (Å²) in [4.78, 5) is 7.38. The Morgan fingerprint density at radius 3 is 2.74 bits per heavy atom. The van der Waals surface area contributed by atoms with Crippen LogP contribution in [0.15, 0.2) is 5.38 Å². The molecule has 0 spiro atoms. The predicted octanol–water partition coefficient (Wildman–Crippen LogP) is 3.01. The highest BCUT2D eigenvalue weighted by atomic mass is 32.1. The molecule has 1 aromatic rings. The van der Waals surface area contributed by atoms with E-state index in [2.05, 4.69) is 57.1 Å². The van der Waals surface area contributed by atoms with Crippen LogP contribution in [0, 0.1) is 0 Å². The van der Waals surface area contributed by atoms with Crippen LogP contribution < -0.4 is 5.32 Å². The van der Waals surface area contributed by atoms with Gasteiger partial charge in [-0.1, -0.05) is 20.8 Å². The maximum atomic E-state index is 4.82. The van der Waals surface area contributed by atoms with Gasteiger partial charge in [-0.05, 0) is 20.8 Å². The van der Waals surface area contributed by atoms with Gasteiger partial charge in [0.15, 0.2) is 0 Å². The van der Waals surface area contributed by atoms with Crippen molar-refractivity contribution in [3.63, 3.8) is 0 Å². The second kappa shape index (κ2) is 5.15. The van der Waals surface area contributed by atoms with Crippen molar-refractivity contribution in [2.45, 2.75) is 65.1 Å². The highest BCUT2D eigenvalue weighted by Crippen LogP contribution is 2.27. The maximum absolute atomic E-state index is 4.82. The van der Waals surface area contributed by atoms with Gasteiger partial charge in [0.05, 0.1) is 12.2 Å². The summed E-state index contributed by atoms with van der Waals surface area (Å²) in [5.74, 6) is 0. The van der Waals surface area contributed by atoms with Crippen molar-refractivity contribution >= 4 is 11.3 Å². The van der Waals surface area contributed by atoms with Gasteiger partial charge in [0.25, 0.3) is 0 Å². The third-order valence-electron chi connectivity index (χ3n) is 3.88. The van der Waals surface area contributed by atoms with Crippen LogP contribution in [-0.2, 0) is 12.0 Å². The van der Waals surface area contributed by atoms with Gasteiger partial charge in [-0.3, -0.25) is 4.90 Å². The number of nitrogens with one attached hydrogen (secondary N) is 1. The molecule has 0 bridgehead atoms. The molecular weight excluding hydrogens is 254 g/mol. The lowest BCUT2D eigenvalue weighted by Gasteiger charge is -2.45. The summed E-state index contributed by atoms with van der Waals surface area (Å²) in [5, 5.41) is 7.02. The van der Waals surface area contributed by atoms with Gasteiger partial charge < -0.3 is 5.32 Å². The fraction of sp³-hybridized carbons (Fsp3) is 0.800. The fourth-order valence-electron chi connectivity index (χ4n) is 2.35.